The van der Waals surface area contributed by atoms with E-state index >= 15 is 0 Å². The Kier molecular flexibility index (Phi) is 2.78. The molecule has 6 nitrogen and oxygen atoms in total. The Morgan fingerprint density at radius 2 is 2.24 bits per heavy atom. The molecule has 2 heterocycles. The van der Waals surface area contributed by atoms with Crippen molar-refractivity contribution in [3.8, 4) is 0 Å². The molecule has 1 aliphatic heterocycles. The van der Waals surface area contributed by atoms with Gasteiger partial charge in [0, 0.05) is 19.8 Å². The van der Waals surface area contributed by atoms with Crippen molar-refractivity contribution in [2.45, 2.75) is 16.7 Å². The standard InChI is InChI=1S/C10H13N3O3S/c1-13-6-4-8(10(13)14)17(15,16)9-7(11)3-2-5-12-9/h2-3,5,8H,4,6,11H2,1H3. The highest BCUT2D eigenvalue weighted by Crippen LogP contribution is 2.25. The lowest BCUT2D eigenvalue weighted by Crippen LogP contribution is -2.32. The van der Waals surface area contributed by atoms with Gasteiger partial charge in [0.2, 0.25) is 15.7 Å². The van der Waals surface area contributed by atoms with Crippen LogP contribution >= 0.6 is 0 Å². The Labute approximate surface area is 99.4 Å². The molecule has 0 aromatic carbocycles. The molecule has 1 aromatic heterocycles. The topological polar surface area (TPSA) is 93.4 Å². The number of rotatable bonds is 2. The molecule has 0 bridgehead atoms. The average Bonchev–Trinajstić information content (AvgIpc) is 2.60. The van der Waals surface area contributed by atoms with Gasteiger partial charge in [0.15, 0.2) is 5.03 Å². The number of aromatic nitrogens is 1. The summed E-state index contributed by atoms with van der Waals surface area (Å²) in [5.41, 5.74) is 5.67. The van der Waals surface area contributed by atoms with Gasteiger partial charge in [0.1, 0.15) is 5.25 Å². The summed E-state index contributed by atoms with van der Waals surface area (Å²) in [7, 11) is -2.20. The minimum absolute atomic E-state index is 0.0786. The fraction of sp³-hybridized carbons (Fsp3) is 0.400. The summed E-state index contributed by atoms with van der Waals surface area (Å²) in [6.07, 6.45) is 1.64. The van der Waals surface area contributed by atoms with E-state index in [1.165, 1.54) is 17.2 Å². The molecule has 2 N–H and O–H groups in total. The van der Waals surface area contributed by atoms with Crippen LogP contribution in [0.15, 0.2) is 23.4 Å². The van der Waals surface area contributed by atoms with Gasteiger partial charge in [-0.15, -0.1) is 0 Å². The molecule has 0 aliphatic carbocycles. The molecule has 1 unspecified atom stereocenters. The highest BCUT2D eigenvalue weighted by molar-refractivity contribution is 7.92. The van der Waals surface area contributed by atoms with Crippen LogP contribution in [0, 0.1) is 0 Å². The molecule has 1 atom stereocenters. The zero-order valence-electron chi connectivity index (χ0n) is 9.33. The van der Waals surface area contributed by atoms with Crippen molar-refractivity contribution in [1.82, 2.24) is 9.88 Å². The molecule has 0 saturated carbocycles. The van der Waals surface area contributed by atoms with Crippen LogP contribution in [0.3, 0.4) is 0 Å². The van der Waals surface area contributed by atoms with Gasteiger partial charge in [-0.2, -0.15) is 0 Å². The monoisotopic (exact) mass is 255 g/mol. The van der Waals surface area contributed by atoms with Crippen LogP contribution in [-0.2, 0) is 14.6 Å². The maximum Gasteiger partial charge on any atom is 0.241 e. The van der Waals surface area contributed by atoms with Crippen molar-refractivity contribution in [2.24, 2.45) is 0 Å². The van der Waals surface area contributed by atoms with Crippen molar-refractivity contribution in [1.29, 1.82) is 0 Å². The van der Waals surface area contributed by atoms with E-state index in [0.29, 0.717) is 6.54 Å². The van der Waals surface area contributed by atoms with E-state index in [1.54, 1.807) is 13.1 Å². The molecule has 0 spiro atoms. The molecule has 17 heavy (non-hydrogen) atoms. The number of amides is 1. The van der Waals surface area contributed by atoms with Crippen molar-refractivity contribution < 1.29 is 13.2 Å². The molecular formula is C10H13N3O3S. The SMILES string of the molecule is CN1CCC(S(=O)(=O)c2ncccc2N)C1=O. The maximum absolute atomic E-state index is 12.2. The number of nitrogen functional groups attached to an aromatic ring is 1. The van der Waals surface area contributed by atoms with Crippen molar-refractivity contribution in [2.75, 3.05) is 19.3 Å². The Morgan fingerprint density at radius 3 is 2.76 bits per heavy atom. The summed E-state index contributed by atoms with van der Waals surface area (Å²) < 4.78 is 24.4. The molecular weight excluding hydrogens is 242 g/mol. The van der Waals surface area contributed by atoms with Gasteiger partial charge < -0.3 is 10.6 Å². The maximum atomic E-state index is 12.2. The number of nitrogens with zero attached hydrogens (tertiary/aromatic N) is 2. The van der Waals surface area contributed by atoms with E-state index in [2.05, 4.69) is 4.98 Å². The van der Waals surface area contributed by atoms with E-state index in [4.69, 9.17) is 5.73 Å². The summed E-state index contributed by atoms with van der Waals surface area (Å²) in [6.45, 7) is 0.440. The largest absolute Gasteiger partial charge is 0.396 e. The number of carbonyl (C=O) groups is 1. The van der Waals surface area contributed by atoms with E-state index in [0.717, 1.165) is 0 Å². The number of hydrogen-bond acceptors (Lipinski definition) is 5. The lowest BCUT2D eigenvalue weighted by molar-refractivity contribution is -0.126. The van der Waals surface area contributed by atoms with Gasteiger partial charge in [0.05, 0.1) is 5.69 Å². The van der Waals surface area contributed by atoms with Gasteiger partial charge in [-0.3, -0.25) is 4.79 Å². The van der Waals surface area contributed by atoms with Gasteiger partial charge in [0.25, 0.3) is 0 Å². The molecule has 1 amide bonds. The van der Waals surface area contributed by atoms with Crippen LogP contribution in [0.4, 0.5) is 5.69 Å². The molecule has 92 valence electrons. The quantitative estimate of drug-likeness (QED) is 0.781. The zero-order chi connectivity index (χ0) is 12.6. The van der Waals surface area contributed by atoms with Gasteiger partial charge in [-0.1, -0.05) is 0 Å². The predicted octanol–water partition coefficient (Wildman–Crippen LogP) is -0.332. The summed E-state index contributed by atoms with van der Waals surface area (Å²) in [5, 5.41) is -1.25. The highest BCUT2D eigenvalue weighted by atomic mass is 32.2. The molecule has 1 saturated heterocycles. The first-order chi connectivity index (χ1) is 7.94. The summed E-state index contributed by atoms with van der Waals surface area (Å²) in [4.78, 5) is 16.9. The fourth-order valence-electron chi connectivity index (χ4n) is 1.85. The van der Waals surface area contributed by atoms with Crippen LogP contribution in [0.2, 0.25) is 0 Å². The summed E-state index contributed by atoms with van der Waals surface area (Å²) >= 11 is 0. The van der Waals surface area contributed by atoms with Gasteiger partial charge in [-0.25, -0.2) is 13.4 Å². The molecule has 1 fully saturated rings. The predicted molar refractivity (Wildman–Crippen MR) is 61.9 cm³/mol. The normalized spacial score (nSPS) is 20.9. The average molecular weight is 255 g/mol. The fourth-order valence-corrected chi connectivity index (χ4v) is 3.59. The molecule has 2 rings (SSSR count). The highest BCUT2D eigenvalue weighted by Gasteiger charge is 2.41. The zero-order valence-corrected chi connectivity index (χ0v) is 10.1. The number of pyridine rings is 1. The van der Waals surface area contributed by atoms with Crippen molar-refractivity contribution >= 4 is 21.4 Å². The van der Waals surface area contributed by atoms with Crippen molar-refractivity contribution in [3.05, 3.63) is 18.3 Å². The van der Waals surface area contributed by atoms with E-state index < -0.39 is 21.0 Å². The Balaban J connectivity index is 2.45. The number of carbonyl (C=O) groups excluding carboxylic acids is 1. The Bertz CT molecular complexity index is 556. The van der Waals surface area contributed by atoms with E-state index in [1.807, 2.05) is 0 Å². The minimum Gasteiger partial charge on any atom is -0.396 e. The van der Waals surface area contributed by atoms with Crippen LogP contribution in [0.1, 0.15) is 6.42 Å². The first-order valence-corrected chi connectivity index (χ1v) is 6.68. The number of likely N-dealkylation sites (tertiary alicyclic amines) is 1. The third-order valence-corrected chi connectivity index (χ3v) is 4.89. The van der Waals surface area contributed by atoms with Gasteiger partial charge in [-0.05, 0) is 18.6 Å². The Morgan fingerprint density at radius 1 is 1.53 bits per heavy atom. The minimum atomic E-state index is -3.78. The molecule has 0 radical (unpaired) electrons. The second-order valence-corrected chi connectivity index (χ2v) is 6.03. The number of sulfone groups is 1. The van der Waals surface area contributed by atoms with Crippen molar-refractivity contribution in [3.63, 3.8) is 0 Å². The molecule has 1 aromatic rings. The first kappa shape index (κ1) is 11.8. The van der Waals surface area contributed by atoms with Gasteiger partial charge >= 0.3 is 0 Å². The van der Waals surface area contributed by atoms with Crippen LogP contribution in [0.5, 0.6) is 0 Å². The summed E-state index contributed by atoms with van der Waals surface area (Å²) in [5.74, 6) is -0.393. The third kappa shape index (κ3) is 1.86. The Hall–Kier alpha value is -1.63. The third-order valence-electron chi connectivity index (χ3n) is 2.82. The molecule has 7 heteroatoms. The number of hydrogen-bond donors (Lipinski definition) is 1. The van der Waals surface area contributed by atoms with Crippen LogP contribution in [0.25, 0.3) is 0 Å². The second kappa shape index (κ2) is 3.99. The van der Waals surface area contributed by atoms with E-state index in [-0.39, 0.29) is 17.1 Å². The molecule has 1 aliphatic rings. The number of anilines is 1. The van der Waals surface area contributed by atoms with E-state index in [9.17, 15) is 13.2 Å². The number of nitrogens with two attached hydrogens (primary N) is 1. The lowest BCUT2D eigenvalue weighted by Gasteiger charge is -2.12. The van der Waals surface area contributed by atoms with Crippen LogP contribution < -0.4 is 5.73 Å². The lowest BCUT2D eigenvalue weighted by atomic mass is 10.4. The smallest absolute Gasteiger partial charge is 0.241 e. The summed E-state index contributed by atoms with van der Waals surface area (Å²) in [6, 6.07) is 3.01. The van der Waals surface area contributed by atoms with Crippen LogP contribution in [-0.4, -0.2) is 43.1 Å². The second-order valence-electron chi connectivity index (χ2n) is 3.98. The first-order valence-electron chi connectivity index (χ1n) is 5.14.